The van der Waals surface area contributed by atoms with E-state index in [0.717, 1.165) is 42.9 Å². The van der Waals surface area contributed by atoms with Crippen LogP contribution in [0.3, 0.4) is 0 Å². The van der Waals surface area contributed by atoms with Crippen molar-refractivity contribution in [1.82, 2.24) is 9.88 Å². The van der Waals surface area contributed by atoms with Crippen molar-refractivity contribution >= 4 is 5.57 Å². The SMILES string of the molecule is CCOc1cncc(CN2CCC=C(c3ccccc3O)C2)c1. The van der Waals surface area contributed by atoms with Gasteiger partial charge in [0.2, 0.25) is 0 Å². The lowest BCUT2D eigenvalue weighted by Gasteiger charge is -2.27. The number of aromatic hydroxyl groups is 1. The Morgan fingerprint density at radius 3 is 2.96 bits per heavy atom. The molecule has 1 aromatic carbocycles. The van der Waals surface area contributed by atoms with Crippen LogP contribution in [0.15, 0.2) is 48.8 Å². The summed E-state index contributed by atoms with van der Waals surface area (Å²) < 4.78 is 5.52. The number of hydrogen-bond donors (Lipinski definition) is 1. The zero-order chi connectivity index (χ0) is 16.1. The van der Waals surface area contributed by atoms with Crippen LogP contribution >= 0.6 is 0 Å². The number of para-hydroxylation sites is 1. The van der Waals surface area contributed by atoms with Crippen LogP contribution < -0.4 is 4.74 Å². The summed E-state index contributed by atoms with van der Waals surface area (Å²) in [6.07, 6.45) is 6.85. The molecule has 0 atom stereocenters. The number of phenolic OH excluding ortho intramolecular Hbond substituents is 1. The van der Waals surface area contributed by atoms with Crippen LogP contribution in [0.25, 0.3) is 5.57 Å². The molecule has 120 valence electrons. The average Bonchev–Trinajstić information content (AvgIpc) is 2.56. The van der Waals surface area contributed by atoms with E-state index in [0.29, 0.717) is 12.4 Å². The summed E-state index contributed by atoms with van der Waals surface area (Å²) >= 11 is 0. The van der Waals surface area contributed by atoms with Crippen molar-refractivity contribution < 1.29 is 9.84 Å². The Bertz CT molecular complexity index is 697. The second-order valence-electron chi connectivity index (χ2n) is 5.71. The lowest BCUT2D eigenvalue weighted by Crippen LogP contribution is -2.29. The Labute approximate surface area is 137 Å². The van der Waals surface area contributed by atoms with E-state index >= 15 is 0 Å². The quantitative estimate of drug-likeness (QED) is 0.918. The van der Waals surface area contributed by atoms with Crippen LogP contribution in [0, 0.1) is 0 Å². The van der Waals surface area contributed by atoms with Gasteiger partial charge in [-0.3, -0.25) is 9.88 Å². The van der Waals surface area contributed by atoms with Crippen molar-refractivity contribution in [2.24, 2.45) is 0 Å². The van der Waals surface area contributed by atoms with Crippen molar-refractivity contribution in [2.75, 3.05) is 19.7 Å². The van der Waals surface area contributed by atoms with E-state index in [9.17, 15) is 5.11 Å². The van der Waals surface area contributed by atoms with E-state index in [1.54, 1.807) is 12.3 Å². The Kier molecular flexibility index (Phi) is 4.93. The number of aromatic nitrogens is 1. The monoisotopic (exact) mass is 310 g/mol. The highest BCUT2D eigenvalue weighted by Crippen LogP contribution is 2.28. The van der Waals surface area contributed by atoms with Gasteiger partial charge in [-0.05, 0) is 36.6 Å². The fourth-order valence-electron chi connectivity index (χ4n) is 2.94. The minimum Gasteiger partial charge on any atom is -0.507 e. The number of pyridine rings is 1. The third-order valence-electron chi connectivity index (χ3n) is 3.97. The third kappa shape index (κ3) is 3.90. The van der Waals surface area contributed by atoms with Gasteiger partial charge < -0.3 is 9.84 Å². The summed E-state index contributed by atoms with van der Waals surface area (Å²) in [5, 5.41) is 10.0. The molecule has 2 heterocycles. The van der Waals surface area contributed by atoms with Crippen molar-refractivity contribution in [3.63, 3.8) is 0 Å². The lowest BCUT2D eigenvalue weighted by atomic mass is 10.00. The molecule has 23 heavy (non-hydrogen) atoms. The lowest BCUT2D eigenvalue weighted by molar-refractivity contribution is 0.294. The zero-order valence-electron chi connectivity index (χ0n) is 13.4. The standard InChI is InChI=1S/C19H22N2O2/c1-2-23-17-10-15(11-20-12-17)13-21-9-5-6-16(14-21)18-7-3-4-8-19(18)22/h3-4,6-8,10-12,22H,2,5,9,13-14H2,1H3. The molecule has 1 aliphatic rings. The highest BCUT2D eigenvalue weighted by Gasteiger charge is 2.16. The predicted octanol–water partition coefficient (Wildman–Crippen LogP) is 3.48. The van der Waals surface area contributed by atoms with Crippen LogP contribution in [0.2, 0.25) is 0 Å². The molecule has 0 bridgehead atoms. The predicted molar refractivity (Wildman–Crippen MR) is 91.4 cm³/mol. The second kappa shape index (κ2) is 7.29. The molecule has 0 radical (unpaired) electrons. The highest BCUT2D eigenvalue weighted by molar-refractivity contribution is 5.72. The fourth-order valence-corrected chi connectivity index (χ4v) is 2.94. The molecule has 4 nitrogen and oxygen atoms in total. The summed E-state index contributed by atoms with van der Waals surface area (Å²) in [5.41, 5.74) is 3.26. The number of benzene rings is 1. The van der Waals surface area contributed by atoms with Gasteiger partial charge in [-0.15, -0.1) is 0 Å². The molecule has 1 N–H and O–H groups in total. The van der Waals surface area contributed by atoms with E-state index < -0.39 is 0 Å². The summed E-state index contributed by atoms with van der Waals surface area (Å²) in [6.45, 7) is 5.29. The first-order chi connectivity index (χ1) is 11.3. The molecular formula is C19H22N2O2. The highest BCUT2D eigenvalue weighted by atomic mass is 16.5. The van der Waals surface area contributed by atoms with E-state index in [4.69, 9.17) is 4.74 Å². The van der Waals surface area contributed by atoms with E-state index in [1.807, 2.05) is 31.3 Å². The van der Waals surface area contributed by atoms with E-state index in [-0.39, 0.29) is 0 Å². The first-order valence-corrected chi connectivity index (χ1v) is 8.02. The van der Waals surface area contributed by atoms with Crippen molar-refractivity contribution in [2.45, 2.75) is 19.9 Å². The summed E-state index contributed by atoms with van der Waals surface area (Å²) in [4.78, 5) is 6.62. The van der Waals surface area contributed by atoms with Crippen LogP contribution in [-0.4, -0.2) is 34.7 Å². The Morgan fingerprint density at radius 2 is 2.13 bits per heavy atom. The Morgan fingerprint density at radius 1 is 1.26 bits per heavy atom. The van der Waals surface area contributed by atoms with Gasteiger partial charge in [0.1, 0.15) is 11.5 Å². The van der Waals surface area contributed by atoms with Gasteiger partial charge in [0.05, 0.1) is 12.8 Å². The Balaban J connectivity index is 1.70. The molecule has 1 aromatic heterocycles. The van der Waals surface area contributed by atoms with Gasteiger partial charge in [0, 0.05) is 31.4 Å². The normalized spacial score (nSPS) is 15.3. The number of nitrogens with zero attached hydrogens (tertiary/aromatic N) is 2. The average molecular weight is 310 g/mol. The van der Waals surface area contributed by atoms with Crippen LogP contribution in [0.4, 0.5) is 0 Å². The second-order valence-corrected chi connectivity index (χ2v) is 5.71. The van der Waals surface area contributed by atoms with Crippen LogP contribution in [-0.2, 0) is 6.54 Å². The zero-order valence-corrected chi connectivity index (χ0v) is 13.4. The van der Waals surface area contributed by atoms with Crippen molar-refractivity contribution in [1.29, 1.82) is 0 Å². The minimum absolute atomic E-state index is 0.348. The van der Waals surface area contributed by atoms with Gasteiger partial charge >= 0.3 is 0 Å². The number of rotatable bonds is 5. The Hall–Kier alpha value is -2.33. The summed E-state index contributed by atoms with van der Waals surface area (Å²) in [5.74, 6) is 1.17. The molecule has 0 saturated carbocycles. The van der Waals surface area contributed by atoms with Gasteiger partial charge in [-0.2, -0.15) is 0 Å². The molecule has 0 amide bonds. The molecule has 4 heteroatoms. The first kappa shape index (κ1) is 15.6. The van der Waals surface area contributed by atoms with Crippen molar-refractivity contribution in [3.05, 3.63) is 59.9 Å². The van der Waals surface area contributed by atoms with Gasteiger partial charge in [-0.1, -0.05) is 24.3 Å². The fraction of sp³-hybridized carbons (Fsp3) is 0.316. The largest absolute Gasteiger partial charge is 0.507 e. The molecule has 3 rings (SSSR count). The van der Waals surface area contributed by atoms with E-state index in [2.05, 4.69) is 22.0 Å². The molecule has 1 aliphatic heterocycles. The van der Waals surface area contributed by atoms with Gasteiger partial charge in [0.25, 0.3) is 0 Å². The molecule has 0 spiro atoms. The van der Waals surface area contributed by atoms with E-state index in [1.165, 1.54) is 5.57 Å². The molecule has 2 aromatic rings. The van der Waals surface area contributed by atoms with Crippen LogP contribution in [0.1, 0.15) is 24.5 Å². The molecule has 0 aliphatic carbocycles. The molecule has 0 saturated heterocycles. The summed E-state index contributed by atoms with van der Waals surface area (Å²) in [6, 6.07) is 9.58. The van der Waals surface area contributed by atoms with Gasteiger partial charge in [0.15, 0.2) is 0 Å². The van der Waals surface area contributed by atoms with Crippen molar-refractivity contribution in [3.8, 4) is 11.5 Å². The minimum atomic E-state index is 0.348. The molecule has 0 unspecified atom stereocenters. The number of ether oxygens (including phenoxy) is 1. The maximum atomic E-state index is 10.0. The molecule has 0 fully saturated rings. The maximum absolute atomic E-state index is 10.0. The topological polar surface area (TPSA) is 45.6 Å². The van der Waals surface area contributed by atoms with Crippen LogP contribution in [0.5, 0.6) is 11.5 Å². The first-order valence-electron chi connectivity index (χ1n) is 8.02. The smallest absolute Gasteiger partial charge is 0.137 e. The summed E-state index contributed by atoms with van der Waals surface area (Å²) in [7, 11) is 0. The molecular weight excluding hydrogens is 288 g/mol. The third-order valence-corrected chi connectivity index (χ3v) is 3.97. The number of hydrogen-bond acceptors (Lipinski definition) is 4. The number of phenols is 1. The maximum Gasteiger partial charge on any atom is 0.137 e. The van der Waals surface area contributed by atoms with Gasteiger partial charge in [-0.25, -0.2) is 0 Å².